The van der Waals surface area contributed by atoms with E-state index in [0.717, 1.165) is 12.1 Å². The van der Waals surface area contributed by atoms with Gasteiger partial charge >= 0.3 is 11.9 Å². The number of ether oxygens (including phenoxy) is 1. The molecule has 1 rings (SSSR count). The topological polar surface area (TPSA) is 170 Å². The van der Waals surface area contributed by atoms with Crippen LogP contribution in [0.1, 0.15) is 17.3 Å². The van der Waals surface area contributed by atoms with Crippen LogP contribution in [0.2, 0.25) is 5.02 Å². The van der Waals surface area contributed by atoms with E-state index in [2.05, 4.69) is 0 Å². The molecule has 0 saturated carbocycles. The highest BCUT2D eigenvalue weighted by atomic mass is 79.9. The van der Waals surface area contributed by atoms with Crippen molar-refractivity contribution in [3.05, 3.63) is 22.7 Å². The average Bonchev–Trinajstić information content (AvgIpc) is 2.51. The van der Waals surface area contributed by atoms with E-state index in [-0.39, 0.29) is 34.8 Å². The number of halogens is 2. The van der Waals surface area contributed by atoms with Gasteiger partial charge in [-0.3, -0.25) is 14.5 Å². The molecule has 0 aliphatic heterocycles. The molecule has 0 spiro atoms. The van der Waals surface area contributed by atoms with Crippen LogP contribution in [0.4, 0.5) is 5.69 Å². The standard InChI is InChI=1S/C13H16ClN3O7S.BrH/c1-2-24-13(21)7-3-8(12(14)9(4-7)25(16,22)23)17(6-11(19)20)10(18)5-15;/h3-4H,2,5-6,15H2,1H3,(H,19,20)(H2,16,22,23);1H. The summed E-state index contributed by atoms with van der Waals surface area (Å²) >= 11 is 5.99. The number of carbonyl (C=O) groups is 3. The molecule has 0 unspecified atom stereocenters. The summed E-state index contributed by atoms with van der Waals surface area (Å²) in [5.41, 5.74) is 4.63. The number of primary sulfonamides is 1. The third kappa shape index (κ3) is 5.92. The number of hydrogen-bond acceptors (Lipinski definition) is 7. The first-order valence-corrected chi connectivity index (χ1v) is 8.71. The number of carboxylic acid groups (broad SMARTS) is 1. The number of amides is 1. The van der Waals surface area contributed by atoms with Gasteiger partial charge in [0.15, 0.2) is 0 Å². The van der Waals surface area contributed by atoms with Gasteiger partial charge in [0.2, 0.25) is 15.9 Å². The van der Waals surface area contributed by atoms with Crippen molar-refractivity contribution in [1.29, 1.82) is 0 Å². The predicted molar refractivity (Wildman–Crippen MR) is 98.1 cm³/mol. The second-order valence-electron chi connectivity index (χ2n) is 4.65. The molecule has 1 amide bonds. The van der Waals surface area contributed by atoms with E-state index >= 15 is 0 Å². The number of hydrogen-bond donors (Lipinski definition) is 3. The lowest BCUT2D eigenvalue weighted by molar-refractivity contribution is -0.136. The van der Waals surface area contributed by atoms with Crippen LogP contribution >= 0.6 is 28.6 Å². The highest BCUT2D eigenvalue weighted by molar-refractivity contribution is 8.93. The monoisotopic (exact) mass is 473 g/mol. The molecule has 0 heterocycles. The van der Waals surface area contributed by atoms with E-state index in [1.54, 1.807) is 0 Å². The Morgan fingerprint density at radius 3 is 2.31 bits per heavy atom. The second-order valence-corrected chi connectivity index (χ2v) is 6.56. The molecular weight excluding hydrogens is 458 g/mol. The molecule has 0 saturated heterocycles. The molecule has 1 aromatic rings. The highest BCUT2D eigenvalue weighted by Gasteiger charge is 2.27. The van der Waals surface area contributed by atoms with Crippen LogP contribution in [0.5, 0.6) is 0 Å². The van der Waals surface area contributed by atoms with Gasteiger partial charge in [0, 0.05) is 0 Å². The maximum atomic E-state index is 12.0. The minimum absolute atomic E-state index is 0. The molecule has 0 fully saturated rings. The Balaban J connectivity index is 0.00000625. The van der Waals surface area contributed by atoms with Crippen LogP contribution in [0, 0.1) is 0 Å². The van der Waals surface area contributed by atoms with Crippen molar-refractivity contribution in [2.75, 3.05) is 24.6 Å². The van der Waals surface area contributed by atoms with Crippen molar-refractivity contribution < 1.29 is 32.6 Å². The summed E-state index contributed by atoms with van der Waals surface area (Å²) in [5.74, 6) is -3.16. The van der Waals surface area contributed by atoms with E-state index in [4.69, 9.17) is 32.3 Å². The first-order valence-electron chi connectivity index (χ1n) is 6.78. The molecule has 13 heteroatoms. The quantitative estimate of drug-likeness (QED) is 0.468. The first kappa shape index (κ1) is 24.3. The number of nitrogens with two attached hydrogens (primary N) is 2. The number of aliphatic carboxylic acids is 1. The Morgan fingerprint density at radius 2 is 1.88 bits per heavy atom. The largest absolute Gasteiger partial charge is 0.480 e. The fraction of sp³-hybridized carbons (Fsp3) is 0.308. The van der Waals surface area contributed by atoms with Crippen LogP contribution in [-0.2, 0) is 24.3 Å². The molecule has 0 aromatic heterocycles. The maximum absolute atomic E-state index is 12.0. The number of esters is 1. The third-order valence-electron chi connectivity index (χ3n) is 2.90. The SMILES string of the molecule is Br.CCOC(=O)c1cc(N(CC(=O)O)C(=O)CN)c(Cl)c(S(N)(=O)=O)c1. The van der Waals surface area contributed by atoms with Gasteiger partial charge in [-0.05, 0) is 19.1 Å². The lowest BCUT2D eigenvalue weighted by atomic mass is 10.1. The minimum Gasteiger partial charge on any atom is -0.480 e. The summed E-state index contributed by atoms with van der Waals surface area (Å²) in [7, 11) is -4.38. The molecule has 5 N–H and O–H groups in total. The Morgan fingerprint density at radius 1 is 1.31 bits per heavy atom. The fourth-order valence-electron chi connectivity index (χ4n) is 1.87. The van der Waals surface area contributed by atoms with E-state index < -0.39 is 50.9 Å². The van der Waals surface area contributed by atoms with Crippen molar-refractivity contribution in [2.24, 2.45) is 10.9 Å². The van der Waals surface area contributed by atoms with Crippen LogP contribution in [0.15, 0.2) is 17.0 Å². The van der Waals surface area contributed by atoms with E-state index in [1.807, 2.05) is 0 Å². The summed E-state index contributed by atoms with van der Waals surface area (Å²) in [6, 6.07) is 1.91. The fourth-order valence-corrected chi connectivity index (χ4v) is 3.05. The number of benzene rings is 1. The number of sulfonamides is 1. The van der Waals surface area contributed by atoms with Crippen molar-refractivity contribution >= 4 is 62.1 Å². The Hall–Kier alpha value is -1.73. The first-order chi connectivity index (χ1) is 11.5. The third-order valence-corrected chi connectivity index (χ3v) is 4.34. The molecule has 146 valence electrons. The van der Waals surface area contributed by atoms with Crippen molar-refractivity contribution in [3.63, 3.8) is 0 Å². The smallest absolute Gasteiger partial charge is 0.338 e. The zero-order valence-electron chi connectivity index (χ0n) is 13.5. The molecule has 0 aliphatic carbocycles. The molecule has 10 nitrogen and oxygen atoms in total. The van der Waals surface area contributed by atoms with Gasteiger partial charge in [0.05, 0.1) is 29.4 Å². The summed E-state index contributed by atoms with van der Waals surface area (Å²) in [6.07, 6.45) is 0. The lowest BCUT2D eigenvalue weighted by Gasteiger charge is -2.23. The maximum Gasteiger partial charge on any atom is 0.338 e. The number of rotatable bonds is 7. The molecule has 0 aliphatic rings. The summed E-state index contributed by atoms with van der Waals surface area (Å²) in [6.45, 7) is 0.107. The van der Waals surface area contributed by atoms with E-state index in [9.17, 15) is 22.8 Å². The highest BCUT2D eigenvalue weighted by Crippen LogP contribution is 2.33. The van der Waals surface area contributed by atoms with Crippen LogP contribution in [0.3, 0.4) is 0 Å². The van der Waals surface area contributed by atoms with Gasteiger partial charge in [-0.2, -0.15) is 0 Å². The van der Waals surface area contributed by atoms with Crippen molar-refractivity contribution in [3.8, 4) is 0 Å². The summed E-state index contributed by atoms with van der Waals surface area (Å²) < 4.78 is 28.2. The van der Waals surface area contributed by atoms with E-state index in [1.165, 1.54) is 6.92 Å². The number of carboxylic acids is 1. The van der Waals surface area contributed by atoms with Gasteiger partial charge in [0.25, 0.3) is 0 Å². The zero-order valence-corrected chi connectivity index (χ0v) is 16.8. The zero-order chi connectivity index (χ0) is 19.4. The average molecular weight is 475 g/mol. The Bertz CT molecular complexity index is 816. The van der Waals surface area contributed by atoms with Gasteiger partial charge in [-0.1, -0.05) is 11.6 Å². The van der Waals surface area contributed by atoms with E-state index in [0.29, 0.717) is 4.90 Å². The number of anilines is 1. The summed E-state index contributed by atoms with van der Waals surface area (Å²) in [4.78, 5) is 34.9. The molecule has 0 radical (unpaired) electrons. The number of nitrogens with zero attached hydrogens (tertiary/aromatic N) is 1. The molecule has 1 aromatic carbocycles. The molecular formula is C13H17BrClN3O7S. The van der Waals surface area contributed by atoms with Crippen LogP contribution in [0.25, 0.3) is 0 Å². The van der Waals surface area contributed by atoms with Gasteiger partial charge in [-0.15, -0.1) is 17.0 Å². The van der Waals surface area contributed by atoms with Gasteiger partial charge in [-0.25, -0.2) is 18.4 Å². The molecule has 26 heavy (non-hydrogen) atoms. The summed E-state index contributed by atoms with van der Waals surface area (Å²) in [5, 5.41) is 13.5. The van der Waals surface area contributed by atoms with Crippen LogP contribution in [-0.4, -0.2) is 51.1 Å². The predicted octanol–water partition coefficient (Wildman–Crippen LogP) is 0.118. The minimum atomic E-state index is -4.38. The van der Waals surface area contributed by atoms with Crippen molar-refractivity contribution in [2.45, 2.75) is 11.8 Å². The van der Waals surface area contributed by atoms with Crippen LogP contribution < -0.4 is 15.8 Å². The second kappa shape index (κ2) is 9.83. The number of carbonyl (C=O) groups excluding carboxylic acids is 2. The Labute approximate surface area is 164 Å². The lowest BCUT2D eigenvalue weighted by Crippen LogP contribution is -2.40. The normalized spacial score (nSPS) is 10.6. The Kier molecular flexibility index (Phi) is 9.17. The van der Waals surface area contributed by atoms with Gasteiger partial charge < -0.3 is 15.6 Å². The molecule has 0 bridgehead atoms. The van der Waals surface area contributed by atoms with Gasteiger partial charge in [0.1, 0.15) is 11.4 Å². The van der Waals surface area contributed by atoms with Crippen molar-refractivity contribution in [1.82, 2.24) is 0 Å². The molecule has 0 atom stereocenters.